The minimum atomic E-state index is -0.388. The lowest BCUT2D eigenvalue weighted by molar-refractivity contribution is 0.108. The van der Waals surface area contributed by atoms with Gasteiger partial charge in [0.2, 0.25) is 0 Å². The highest BCUT2D eigenvalue weighted by Crippen LogP contribution is 2.27. The van der Waals surface area contributed by atoms with E-state index in [0.29, 0.717) is 10.8 Å². The first-order valence-electron chi connectivity index (χ1n) is 4.23. The Labute approximate surface area is 86.9 Å². The number of nitrogens with zero attached hydrogens (tertiary/aromatic N) is 1. The molecule has 0 aliphatic carbocycles. The Hall–Kier alpha value is -0.410. The van der Waals surface area contributed by atoms with Crippen LogP contribution in [0.25, 0.3) is 0 Å². The van der Waals surface area contributed by atoms with Crippen molar-refractivity contribution in [2.75, 3.05) is 0 Å². The molecule has 0 spiro atoms. The van der Waals surface area contributed by atoms with Crippen molar-refractivity contribution < 1.29 is 4.79 Å². The number of carbonyl (C=O) groups is 1. The van der Waals surface area contributed by atoms with E-state index in [1.165, 1.54) is 11.3 Å². The third-order valence-corrected chi connectivity index (χ3v) is 3.30. The highest BCUT2D eigenvalue weighted by molar-refractivity contribution is 7.15. The van der Waals surface area contributed by atoms with Crippen molar-refractivity contribution in [3.05, 3.63) is 15.6 Å². The van der Waals surface area contributed by atoms with Crippen molar-refractivity contribution in [2.45, 2.75) is 33.1 Å². The quantitative estimate of drug-likeness (QED) is 0.727. The van der Waals surface area contributed by atoms with E-state index in [2.05, 4.69) is 18.8 Å². The van der Waals surface area contributed by atoms with E-state index in [0.717, 1.165) is 17.1 Å². The second-order valence-electron chi connectivity index (χ2n) is 3.03. The molecule has 1 aromatic rings. The number of rotatable bonds is 3. The standard InChI is InChI=1S/C9H12ClNOS/c1-4-5(2)7-8(9(10)12)13-6(3)11-7/h5H,4H2,1-3H3. The number of hydrogen-bond donors (Lipinski definition) is 0. The average molecular weight is 218 g/mol. The van der Waals surface area contributed by atoms with Gasteiger partial charge in [-0.15, -0.1) is 11.3 Å². The fourth-order valence-corrected chi connectivity index (χ4v) is 2.19. The molecule has 0 N–H and O–H groups in total. The van der Waals surface area contributed by atoms with Gasteiger partial charge >= 0.3 is 0 Å². The Balaban J connectivity index is 3.11. The first-order valence-corrected chi connectivity index (χ1v) is 5.42. The fourth-order valence-electron chi connectivity index (χ4n) is 1.11. The van der Waals surface area contributed by atoms with Gasteiger partial charge in [0.1, 0.15) is 4.88 Å². The summed E-state index contributed by atoms with van der Waals surface area (Å²) >= 11 is 6.83. The van der Waals surface area contributed by atoms with Crippen molar-refractivity contribution in [1.82, 2.24) is 4.98 Å². The first kappa shape index (κ1) is 10.7. The predicted octanol–water partition coefficient (Wildman–Crippen LogP) is 3.34. The van der Waals surface area contributed by atoms with Crippen molar-refractivity contribution in [3.63, 3.8) is 0 Å². The summed E-state index contributed by atoms with van der Waals surface area (Å²) in [5.74, 6) is 0.308. The zero-order chi connectivity index (χ0) is 10.0. The van der Waals surface area contributed by atoms with Crippen LogP contribution in [-0.2, 0) is 0 Å². The normalized spacial score (nSPS) is 12.9. The average Bonchev–Trinajstić information content (AvgIpc) is 2.46. The molecule has 72 valence electrons. The van der Waals surface area contributed by atoms with Gasteiger partial charge in [0.25, 0.3) is 5.24 Å². The minimum absolute atomic E-state index is 0.308. The maximum absolute atomic E-state index is 11.0. The molecule has 1 heterocycles. The van der Waals surface area contributed by atoms with Gasteiger partial charge in [-0.1, -0.05) is 13.8 Å². The Morgan fingerprint density at radius 2 is 2.31 bits per heavy atom. The summed E-state index contributed by atoms with van der Waals surface area (Å²) in [6, 6.07) is 0. The Morgan fingerprint density at radius 1 is 1.69 bits per heavy atom. The highest BCUT2D eigenvalue weighted by Gasteiger charge is 2.18. The number of aryl methyl sites for hydroxylation is 1. The summed E-state index contributed by atoms with van der Waals surface area (Å²) in [5, 5.41) is 0.514. The molecule has 0 aromatic carbocycles. The molecule has 0 saturated heterocycles. The summed E-state index contributed by atoms with van der Waals surface area (Å²) in [5.41, 5.74) is 0.852. The topological polar surface area (TPSA) is 30.0 Å². The largest absolute Gasteiger partial charge is 0.275 e. The molecule has 2 nitrogen and oxygen atoms in total. The highest BCUT2D eigenvalue weighted by atomic mass is 35.5. The molecular weight excluding hydrogens is 206 g/mol. The van der Waals surface area contributed by atoms with Gasteiger partial charge in [0.15, 0.2) is 0 Å². The van der Waals surface area contributed by atoms with Crippen LogP contribution in [0.5, 0.6) is 0 Å². The van der Waals surface area contributed by atoms with Gasteiger partial charge in [0.05, 0.1) is 10.7 Å². The monoisotopic (exact) mass is 217 g/mol. The molecule has 1 rings (SSSR count). The second-order valence-corrected chi connectivity index (χ2v) is 4.58. The van der Waals surface area contributed by atoms with E-state index in [9.17, 15) is 4.79 Å². The molecule has 0 aliphatic rings. The van der Waals surface area contributed by atoms with Crippen LogP contribution in [0.2, 0.25) is 0 Å². The summed E-state index contributed by atoms with van der Waals surface area (Å²) in [7, 11) is 0. The maximum Gasteiger partial charge on any atom is 0.264 e. The van der Waals surface area contributed by atoms with E-state index >= 15 is 0 Å². The molecule has 0 bridgehead atoms. The maximum atomic E-state index is 11.0. The van der Waals surface area contributed by atoms with Gasteiger partial charge < -0.3 is 0 Å². The van der Waals surface area contributed by atoms with Gasteiger partial charge in [-0.25, -0.2) is 4.98 Å². The summed E-state index contributed by atoms with van der Waals surface area (Å²) in [4.78, 5) is 16.0. The van der Waals surface area contributed by atoms with Crippen molar-refractivity contribution >= 4 is 28.2 Å². The minimum Gasteiger partial charge on any atom is -0.275 e. The zero-order valence-corrected chi connectivity index (χ0v) is 9.50. The van der Waals surface area contributed by atoms with Crippen molar-refractivity contribution in [2.24, 2.45) is 0 Å². The first-order chi connectivity index (χ1) is 6.06. The molecule has 0 saturated carbocycles. The molecule has 0 amide bonds. The van der Waals surface area contributed by atoms with Crippen LogP contribution in [0.1, 0.15) is 46.6 Å². The van der Waals surface area contributed by atoms with Gasteiger partial charge in [0, 0.05) is 0 Å². The summed E-state index contributed by atoms with van der Waals surface area (Å²) in [6.07, 6.45) is 0.973. The number of halogens is 1. The number of hydrogen-bond acceptors (Lipinski definition) is 3. The Bertz CT molecular complexity index is 321. The van der Waals surface area contributed by atoms with Crippen LogP contribution >= 0.6 is 22.9 Å². The predicted molar refractivity (Wildman–Crippen MR) is 55.7 cm³/mol. The molecule has 0 aliphatic heterocycles. The molecule has 1 aromatic heterocycles. The van der Waals surface area contributed by atoms with Gasteiger partial charge in [-0.05, 0) is 30.9 Å². The van der Waals surface area contributed by atoms with Crippen molar-refractivity contribution in [3.8, 4) is 0 Å². The molecule has 0 fully saturated rings. The van der Waals surface area contributed by atoms with Crippen LogP contribution in [0.4, 0.5) is 0 Å². The van der Waals surface area contributed by atoms with Crippen LogP contribution in [-0.4, -0.2) is 10.2 Å². The van der Waals surface area contributed by atoms with Gasteiger partial charge in [-0.2, -0.15) is 0 Å². The molecule has 0 radical (unpaired) electrons. The van der Waals surface area contributed by atoms with E-state index < -0.39 is 0 Å². The number of carbonyl (C=O) groups excluding carboxylic acids is 1. The molecule has 4 heteroatoms. The van der Waals surface area contributed by atoms with Gasteiger partial charge in [-0.3, -0.25) is 4.79 Å². The Kier molecular flexibility index (Phi) is 3.45. The second kappa shape index (κ2) is 4.20. The van der Waals surface area contributed by atoms with E-state index in [4.69, 9.17) is 11.6 Å². The third-order valence-electron chi connectivity index (χ3n) is 2.02. The van der Waals surface area contributed by atoms with E-state index in [1.54, 1.807) is 0 Å². The lowest BCUT2D eigenvalue weighted by atomic mass is 10.0. The third kappa shape index (κ3) is 2.29. The van der Waals surface area contributed by atoms with Crippen LogP contribution in [0.3, 0.4) is 0 Å². The van der Waals surface area contributed by atoms with Crippen LogP contribution < -0.4 is 0 Å². The number of thiazole rings is 1. The SMILES string of the molecule is CCC(C)c1nc(C)sc1C(=O)Cl. The van der Waals surface area contributed by atoms with Crippen LogP contribution in [0.15, 0.2) is 0 Å². The van der Waals surface area contributed by atoms with E-state index in [-0.39, 0.29) is 5.24 Å². The lowest BCUT2D eigenvalue weighted by Gasteiger charge is -2.04. The smallest absolute Gasteiger partial charge is 0.264 e. The number of aromatic nitrogens is 1. The lowest BCUT2D eigenvalue weighted by Crippen LogP contribution is -1.98. The zero-order valence-electron chi connectivity index (χ0n) is 7.93. The fraction of sp³-hybridized carbons (Fsp3) is 0.556. The summed E-state index contributed by atoms with van der Waals surface area (Å²) in [6.45, 7) is 6.01. The summed E-state index contributed by atoms with van der Waals surface area (Å²) < 4.78 is 0. The Morgan fingerprint density at radius 3 is 2.77 bits per heavy atom. The molecule has 13 heavy (non-hydrogen) atoms. The molecule has 1 atom stereocenters. The van der Waals surface area contributed by atoms with E-state index in [1.807, 2.05) is 6.92 Å². The molecular formula is C9H12ClNOS. The van der Waals surface area contributed by atoms with Crippen LogP contribution in [0, 0.1) is 6.92 Å². The molecule has 1 unspecified atom stereocenters. The van der Waals surface area contributed by atoms with Crippen molar-refractivity contribution in [1.29, 1.82) is 0 Å².